The van der Waals surface area contributed by atoms with Crippen LogP contribution in [0.2, 0.25) is 0 Å². The minimum absolute atomic E-state index is 0.0513. The molecule has 1 unspecified atom stereocenters. The molecule has 1 aromatic rings. The van der Waals surface area contributed by atoms with Gasteiger partial charge >= 0.3 is 5.97 Å². The fourth-order valence-electron chi connectivity index (χ4n) is 1.77. The summed E-state index contributed by atoms with van der Waals surface area (Å²) in [5.74, 6) is -0.317. The van der Waals surface area contributed by atoms with Gasteiger partial charge in [0, 0.05) is 12.8 Å². The molecule has 0 aliphatic carbocycles. The molecule has 1 fully saturated rings. The number of carbonyl (C=O) groups is 1. The third-order valence-electron chi connectivity index (χ3n) is 2.65. The lowest BCUT2D eigenvalue weighted by atomic mass is 10.1. The van der Waals surface area contributed by atoms with Crippen molar-refractivity contribution >= 4 is 11.7 Å². The number of esters is 1. The molecule has 6 nitrogen and oxygen atoms in total. The standard InChI is InChI=1S/C11H17N3O3/c12-9-5-13-14(6-9)7-11(15)17-8-10-3-1-2-4-16-10/h5-6,10H,1-4,7-8,12H2. The van der Waals surface area contributed by atoms with Crippen molar-refractivity contribution in [2.24, 2.45) is 0 Å². The highest BCUT2D eigenvalue weighted by Gasteiger charge is 2.16. The average molecular weight is 239 g/mol. The maximum absolute atomic E-state index is 11.5. The van der Waals surface area contributed by atoms with E-state index in [-0.39, 0.29) is 18.6 Å². The highest BCUT2D eigenvalue weighted by molar-refractivity contribution is 5.69. The van der Waals surface area contributed by atoms with Gasteiger partial charge in [0.2, 0.25) is 0 Å². The summed E-state index contributed by atoms with van der Waals surface area (Å²) in [6.07, 6.45) is 6.34. The summed E-state index contributed by atoms with van der Waals surface area (Å²) >= 11 is 0. The van der Waals surface area contributed by atoms with Gasteiger partial charge in [0.15, 0.2) is 0 Å². The molecule has 0 aromatic carbocycles. The highest BCUT2D eigenvalue weighted by atomic mass is 16.6. The summed E-state index contributed by atoms with van der Waals surface area (Å²) in [7, 11) is 0. The minimum atomic E-state index is -0.317. The molecule has 6 heteroatoms. The van der Waals surface area contributed by atoms with Gasteiger partial charge in [-0.2, -0.15) is 5.10 Å². The fraction of sp³-hybridized carbons (Fsp3) is 0.636. The summed E-state index contributed by atoms with van der Waals surface area (Å²) in [5.41, 5.74) is 6.03. The molecule has 0 radical (unpaired) electrons. The molecule has 0 spiro atoms. The molecule has 1 atom stereocenters. The number of nitrogens with zero attached hydrogens (tertiary/aromatic N) is 2. The molecule has 2 N–H and O–H groups in total. The lowest BCUT2D eigenvalue weighted by Gasteiger charge is -2.21. The Morgan fingerprint density at radius 2 is 2.53 bits per heavy atom. The molecule has 0 bridgehead atoms. The number of rotatable bonds is 4. The number of anilines is 1. The average Bonchev–Trinajstić information content (AvgIpc) is 2.73. The van der Waals surface area contributed by atoms with Gasteiger partial charge in [-0.05, 0) is 19.3 Å². The molecule has 0 amide bonds. The van der Waals surface area contributed by atoms with Crippen molar-refractivity contribution in [1.29, 1.82) is 0 Å². The fourth-order valence-corrected chi connectivity index (χ4v) is 1.77. The van der Waals surface area contributed by atoms with Gasteiger partial charge in [-0.3, -0.25) is 9.48 Å². The zero-order chi connectivity index (χ0) is 12.1. The van der Waals surface area contributed by atoms with Crippen LogP contribution in [0.25, 0.3) is 0 Å². The van der Waals surface area contributed by atoms with Crippen molar-refractivity contribution in [1.82, 2.24) is 9.78 Å². The van der Waals surface area contributed by atoms with Crippen LogP contribution in [-0.2, 0) is 20.8 Å². The summed E-state index contributed by atoms with van der Waals surface area (Å²) in [6, 6.07) is 0. The lowest BCUT2D eigenvalue weighted by Crippen LogP contribution is -2.27. The molecule has 1 saturated heterocycles. The Hall–Kier alpha value is -1.56. The number of hydrogen-bond acceptors (Lipinski definition) is 5. The Balaban J connectivity index is 1.70. The third-order valence-corrected chi connectivity index (χ3v) is 2.65. The van der Waals surface area contributed by atoms with Gasteiger partial charge in [0.1, 0.15) is 13.2 Å². The first-order valence-electron chi connectivity index (χ1n) is 5.79. The van der Waals surface area contributed by atoms with E-state index in [9.17, 15) is 4.79 Å². The van der Waals surface area contributed by atoms with E-state index in [0.717, 1.165) is 25.9 Å². The van der Waals surface area contributed by atoms with Gasteiger partial charge in [0.25, 0.3) is 0 Å². The molecule has 17 heavy (non-hydrogen) atoms. The lowest BCUT2D eigenvalue weighted by molar-refractivity contribution is -0.150. The highest BCUT2D eigenvalue weighted by Crippen LogP contribution is 2.12. The molecule has 1 aliphatic heterocycles. The SMILES string of the molecule is Nc1cnn(CC(=O)OCC2CCCCO2)c1. The molecule has 2 rings (SSSR count). The van der Waals surface area contributed by atoms with Crippen LogP contribution in [0.3, 0.4) is 0 Å². The van der Waals surface area contributed by atoms with E-state index >= 15 is 0 Å². The zero-order valence-electron chi connectivity index (χ0n) is 9.67. The first kappa shape index (κ1) is 11.9. The molecule has 2 heterocycles. The number of nitrogens with two attached hydrogens (primary N) is 1. The van der Waals surface area contributed by atoms with E-state index in [1.165, 1.54) is 10.9 Å². The Morgan fingerprint density at radius 1 is 1.65 bits per heavy atom. The normalized spacial score (nSPS) is 20.1. The molecular formula is C11H17N3O3. The summed E-state index contributed by atoms with van der Waals surface area (Å²) in [5, 5.41) is 3.91. The number of ether oxygens (including phenoxy) is 2. The van der Waals surface area contributed by atoms with Crippen LogP contribution in [0, 0.1) is 0 Å². The van der Waals surface area contributed by atoms with Crippen LogP contribution in [0.5, 0.6) is 0 Å². The molecule has 0 saturated carbocycles. The van der Waals surface area contributed by atoms with E-state index in [1.807, 2.05) is 0 Å². The van der Waals surface area contributed by atoms with Crippen LogP contribution < -0.4 is 5.73 Å². The van der Waals surface area contributed by atoms with E-state index in [4.69, 9.17) is 15.2 Å². The quantitative estimate of drug-likeness (QED) is 0.777. The van der Waals surface area contributed by atoms with Gasteiger partial charge in [-0.1, -0.05) is 0 Å². The maximum atomic E-state index is 11.5. The Morgan fingerprint density at radius 3 is 3.18 bits per heavy atom. The van der Waals surface area contributed by atoms with Gasteiger partial charge in [-0.25, -0.2) is 0 Å². The molecule has 94 valence electrons. The Bertz CT molecular complexity index is 372. The van der Waals surface area contributed by atoms with E-state index < -0.39 is 0 Å². The van der Waals surface area contributed by atoms with E-state index in [0.29, 0.717) is 12.3 Å². The van der Waals surface area contributed by atoms with Crippen LogP contribution in [-0.4, -0.2) is 35.1 Å². The van der Waals surface area contributed by atoms with Crippen molar-refractivity contribution in [2.45, 2.75) is 31.9 Å². The van der Waals surface area contributed by atoms with Crippen molar-refractivity contribution in [3.05, 3.63) is 12.4 Å². The first-order valence-corrected chi connectivity index (χ1v) is 5.79. The number of carbonyl (C=O) groups excluding carboxylic acids is 1. The molecular weight excluding hydrogens is 222 g/mol. The summed E-state index contributed by atoms with van der Waals surface area (Å²) in [4.78, 5) is 11.5. The van der Waals surface area contributed by atoms with E-state index in [2.05, 4.69) is 5.10 Å². The second-order valence-electron chi connectivity index (χ2n) is 4.14. The smallest absolute Gasteiger partial charge is 0.327 e. The van der Waals surface area contributed by atoms with Gasteiger partial charge in [-0.15, -0.1) is 0 Å². The summed E-state index contributed by atoms with van der Waals surface area (Å²) in [6.45, 7) is 1.18. The topological polar surface area (TPSA) is 79.4 Å². The molecule has 1 aromatic heterocycles. The largest absolute Gasteiger partial charge is 0.462 e. The zero-order valence-corrected chi connectivity index (χ0v) is 9.67. The molecule has 1 aliphatic rings. The minimum Gasteiger partial charge on any atom is -0.462 e. The van der Waals surface area contributed by atoms with Crippen molar-refractivity contribution in [3.63, 3.8) is 0 Å². The Kier molecular flexibility index (Phi) is 3.98. The number of nitrogen functional groups attached to an aromatic ring is 1. The predicted molar refractivity (Wildman–Crippen MR) is 61.2 cm³/mol. The summed E-state index contributed by atoms with van der Waals surface area (Å²) < 4.78 is 12.0. The maximum Gasteiger partial charge on any atom is 0.327 e. The van der Waals surface area contributed by atoms with Crippen LogP contribution in [0.4, 0.5) is 5.69 Å². The van der Waals surface area contributed by atoms with Gasteiger partial charge in [0.05, 0.1) is 18.0 Å². The number of hydrogen-bond donors (Lipinski definition) is 1. The third kappa shape index (κ3) is 3.74. The first-order chi connectivity index (χ1) is 8.24. The van der Waals surface area contributed by atoms with Crippen molar-refractivity contribution in [2.75, 3.05) is 18.9 Å². The number of aromatic nitrogens is 2. The predicted octanol–water partition coefficient (Wildman–Crippen LogP) is 0.578. The van der Waals surface area contributed by atoms with Crippen LogP contribution in [0.15, 0.2) is 12.4 Å². The Labute approximate surface area is 99.7 Å². The van der Waals surface area contributed by atoms with Crippen molar-refractivity contribution in [3.8, 4) is 0 Å². The van der Waals surface area contributed by atoms with Crippen LogP contribution in [0.1, 0.15) is 19.3 Å². The monoisotopic (exact) mass is 239 g/mol. The second kappa shape index (κ2) is 5.67. The second-order valence-corrected chi connectivity index (χ2v) is 4.14. The van der Waals surface area contributed by atoms with Crippen LogP contribution >= 0.6 is 0 Å². The van der Waals surface area contributed by atoms with E-state index in [1.54, 1.807) is 6.20 Å². The van der Waals surface area contributed by atoms with Gasteiger partial charge < -0.3 is 15.2 Å². The van der Waals surface area contributed by atoms with Crippen molar-refractivity contribution < 1.29 is 14.3 Å².